The topological polar surface area (TPSA) is 63.6 Å². The molecule has 0 aromatic heterocycles. The second-order valence-electron chi connectivity index (χ2n) is 1.49. The van der Waals surface area contributed by atoms with Crippen molar-refractivity contribution in [1.82, 2.24) is 0 Å². The minimum atomic E-state index is -3.00. The van der Waals surface area contributed by atoms with E-state index in [9.17, 15) is 8.42 Å². The van der Waals surface area contributed by atoms with Crippen molar-refractivity contribution >= 4 is 11.0 Å². The molecular weight excluding hydrogens is 132 g/mol. The molecule has 0 aromatic rings. The normalized spacial score (nSPS) is 12.5. The van der Waals surface area contributed by atoms with Crippen LogP contribution in [0.1, 0.15) is 6.92 Å². The Morgan fingerprint density at radius 3 is 2.12 bits per heavy atom. The molecule has 0 amide bonds. The SMILES string of the molecule is [CH2]C(C)(O)O[SH](=O)=O. The average molecular weight is 139 g/mol. The molecule has 1 radical (unpaired) electrons. The molecule has 1 atom stereocenters. The summed E-state index contributed by atoms with van der Waals surface area (Å²) < 4.78 is 23.1. The third-order valence-electron chi connectivity index (χ3n) is 0.271. The van der Waals surface area contributed by atoms with Crippen LogP contribution in [-0.2, 0) is 15.2 Å². The van der Waals surface area contributed by atoms with E-state index in [1.807, 2.05) is 0 Å². The van der Waals surface area contributed by atoms with Crippen LogP contribution < -0.4 is 0 Å². The predicted octanol–water partition coefficient (Wildman–Crippen LogP) is -0.928. The van der Waals surface area contributed by atoms with Crippen LogP contribution >= 0.6 is 0 Å². The van der Waals surface area contributed by atoms with E-state index in [4.69, 9.17) is 5.11 Å². The number of thiol groups is 1. The molecule has 0 aliphatic carbocycles. The van der Waals surface area contributed by atoms with Crippen molar-refractivity contribution in [3.05, 3.63) is 6.92 Å². The van der Waals surface area contributed by atoms with Gasteiger partial charge in [-0.05, 0) is 6.92 Å². The molecule has 0 aliphatic heterocycles. The summed E-state index contributed by atoms with van der Waals surface area (Å²) in [6.07, 6.45) is 0. The molecule has 0 spiro atoms. The Morgan fingerprint density at radius 1 is 1.75 bits per heavy atom. The van der Waals surface area contributed by atoms with Gasteiger partial charge in [-0.3, -0.25) is 0 Å². The molecule has 0 heterocycles. The summed E-state index contributed by atoms with van der Waals surface area (Å²) in [5.74, 6) is -1.82. The molecule has 0 fully saturated rings. The first-order valence-corrected chi connectivity index (χ1v) is 2.92. The van der Waals surface area contributed by atoms with Gasteiger partial charge in [0.1, 0.15) is 0 Å². The zero-order valence-corrected chi connectivity index (χ0v) is 5.22. The predicted molar refractivity (Wildman–Crippen MR) is 27.4 cm³/mol. The molecule has 5 heteroatoms. The summed E-state index contributed by atoms with van der Waals surface area (Å²) in [4.78, 5) is 0. The van der Waals surface area contributed by atoms with E-state index >= 15 is 0 Å². The number of hydrogen-bond acceptors (Lipinski definition) is 4. The first-order chi connectivity index (χ1) is 3.42. The highest BCUT2D eigenvalue weighted by Gasteiger charge is 2.13. The lowest BCUT2D eigenvalue weighted by molar-refractivity contribution is -0.0720. The van der Waals surface area contributed by atoms with E-state index in [2.05, 4.69) is 11.1 Å². The minimum Gasteiger partial charge on any atom is -0.365 e. The second-order valence-corrected chi connectivity index (χ2v) is 2.12. The van der Waals surface area contributed by atoms with Gasteiger partial charge in [0, 0.05) is 6.92 Å². The summed E-state index contributed by atoms with van der Waals surface area (Å²) in [6, 6.07) is 0. The van der Waals surface area contributed by atoms with Gasteiger partial charge in [0.25, 0.3) is 11.0 Å². The molecule has 4 nitrogen and oxygen atoms in total. The highest BCUT2D eigenvalue weighted by Crippen LogP contribution is 2.00. The van der Waals surface area contributed by atoms with Gasteiger partial charge in [-0.2, -0.15) is 0 Å². The van der Waals surface area contributed by atoms with Gasteiger partial charge in [-0.15, -0.1) is 0 Å². The zero-order chi connectivity index (χ0) is 6.78. The Labute approximate surface area is 49.2 Å². The van der Waals surface area contributed by atoms with Crippen LogP contribution in [0.15, 0.2) is 0 Å². The Hall–Kier alpha value is -0.130. The van der Waals surface area contributed by atoms with E-state index in [0.29, 0.717) is 0 Å². The maximum atomic E-state index is 9.63. The largest absolute Gasteiger partial charge is 0.365 e. The van der Waals surface area contributed by atoms with Crippen LogP contribution in [0.2, 0.25) is 0 Å². The fourth-order valence-corrected chi connectivity index (χ4v) is 0.482. The number of rotatable bonds is 2. The first kappa shape index (κ1) is 7.87. The van der Waals surface area contributed by atoms with Crippen LogP contribution in [0.4, 0.5) is 0 Å². The van der Waals surface area contributed by atoms with Crippen molar-refractivity contribution in [3.8, 4) is 0 Å². The molecular formula is C3H7O4S. The highest BCUT2D eigenvalue weighted by molar-refractivity contribution is 7.67. The van der Waals surface area contributed by atoms with Gasteiger partial charge in [0.05, 0.1) is 0 Å². The Bertz CT molecular complexity index is 123. The number of hydrogen-bond donors (Lipinski definition) is 2. The summed E-state index contributed by atoms with van der Waals surface area (Å²) in [7, 11) is -3.00. The molecule has 0 bridgehead atoms. The van der Waals surface area contributed by atoms with Crippen molar-refractivity contribution < 1.29 is 17.7 Å². The van der Waals surface area contributed by atoms with E-state index in [-0.39, 0.29) is 0 Å². The van der Waals surface area contributed by atoms with Crippen LogP contribution in [0, 0.1) is 6.92 Å². The lowest BCUT2D eigenvalue weighted by Gasteiger charge is -2.10. The molecule has 1 N–H and O–H groups in total. The molecule has 49 valence electrons. The Morgan fingerprint density at radius 2 is 2.12 bits per heavy atom. The van der Waals surface area contributed by atoms with Crippen LogP contribution in [-0.4, -0.2) is 19.3 Å². The van der Waals surface area contributed by atoms with Gasteiger partial charge in [-0.1, -0.05) is 0 Å². The van der Waals surface area contributed by atoms with Crippen molar-refractivity contribution in [3.63, 3.8) is 0 Å². The van der Waals surface area contributed by atoms with Gasteiger partial charge in [0.15, 0.2) is 5.79 Å². The van der Waals surface area contributed by atoms with Crippen LogP contribution in [0.3, 0.4) is 0 Å². The zero-order valence-electron chi connectivity index (χ0n) is 4.33. The van der Waals surface area contributed by atoms with Gasteiger partial charge < -0.3 is 5.11 Å². The summed E-state index contributed by atoms with van der Waals surface area (Å²) in [6.45, 7) is 4.08. The van der Waals surface area contributed by atoms with E-state index in [0.717, 1.165) is 6.92 Å². The van der Waals surface area contributed by atoms with Gasteiger partial charge in [-0.25, -0.2) is 12.6 Å². The molecule has 0 aromatic carbocycles. The van der Waals surface area contributed by atoms with Gasteiger partial charge >= 0.3 is 0 Å². The lowest BCUT2D eigenvalue weighted by atomic mass is 10.4. The summed E-state index contributed by atoms with van der Waals surface area (Å²) in [5.41, 5.74) is 0. The average Bonchev–Trinajstić information content (AvgIpc) is 1.21. The fraction of sp³-hybridized carbons (Fsp3) is 0.667. The first-order valence-electron chi connectivity index (χ1n) is 1.83. The molecule has 0 aliphatic rings. The quantitative estimate of drug-likeness (QED) is 0.383. The van der Waals surface area contributed by atoms with E-state index in [1.165, 1.54) is 0 Å². The molecule has 0 rings (SSSR count). The molecule has 1 unspecified atom stereocenters. The minimum absolute atomic E-state index is 1.12. The van der Waals surface area contributed by atoms with Crippen molar-refractivity contribution in [1.29, 1.82) is 0 Å². The lowest BCUT2D eigenvalue weighted by Crippen LogP contribution is -2.22. The molecule has 8 heavy (non-hydrogen) atoms. The Kier molecular flexibility index (Phi) is 2.39. The third kappa shape index (κ3) is 5.87. The Balaban J connectivity index is 3.73. The summed E-state index contributed by atoms with van der Waals surface area (Å²) in [5, 5.41) is 8.47. The van der Waals surface area contributed by atoms with Crippen molar-refractivity contribution in [2.45, 2.75) is 12.7 Å². The third-order valence-corrected chi connectivity index (χ3v) is 0.814. The fourth-order valence-electron chi connectivity index (χ4n) is 0.161. The number of aliphatic hydroxyl groups is 1. The van der Waals surface area contributed by atoms with Crippen LogP contribution in [0.25, 0.3) is 0 Å². The van der Waals surface area contributed by atoms with Crippen LogP contribution in [0.5, 0.6) is 0 Å². The highest BCUT2D eigenvalue weighted by atomic mass is 32.2. The summed E-state index contributed by atoms with van der Waals surface area (Å²) >= 11 is 0. The standard InChI is InChI=1S/C3H7O4S/c1-3(2,4)7-8(5)6/h4,8H,1H2,2H3. The maximum absolute atomic E-state index is 9.63. The van der Waals surface area contributed by atoms with E-state index in [1.54, 1.807) is 0 Å². The molecule has 0 saturated heterocycles. The van der Waals surface area contributed by atoms with Gasteiger partial charge in [0.2, 0.25) is 0 Å². The molecule has 0 saturated carbocycles. The monoisotopic (exact) mass is 139 g/mol. The van der Waals surface area contributed by atoms with Crippen molar-refractivity contribution in [2.75, 3.05) is 0 Å². The smallest absolute Gasteiger partial charge is 0.259 e. The maximum Gasteiger partial charge on any atom is 0.259 e. The van der Waals surface area contributed by atoms with Crippen molar-refractivity contribution in [2.24, 2.45) is 0 Å². The van der Waals surface area contributed by atoms with E-state index < -0.39 is 16.8 Å². The second kappa shape index (κ2) is 2.43.